The third kappa shape index (κ3) is 3.19. The Morgan fingerprint density at radius 2 is 1.95 bits per heavy atom. The first-order valence-corrected chi connectivity index (χ1v) is 6.58. The predicted octanol–water partition coefficient (Wildman–Crippen LogP) is 2.23. The summed E-state index contributed by atoms with van der Waals surface area (Å²) >= 11 is 11.9. The molecule has 0 bridgehead atoms. The highest BCUT2D eigenvalue weighted by molar-refractivity contribution is 6.42. The van der Waals surface area contributed by atoms with Gasteiger partial charge in [0.25, 0.3) is 0 Å². The number of benzene rings is 1. The Hall–Kier alpha value is -0.850. The van der Waals surface area contributed by atoms with E-state index in [9.17, 15) is 0 Å². The van der Waals surface area contributed by atoms with E-state index in [1.54, 1.807) is 23.0 Å². The molecule has 0 fully saturated rings. The van der Waals surface area contributed by atoms with Crippen LogP contribution < -0.4 is 0 Å². The molecule has 0 aliphatic heterocycles. The average Bonchev–Trinajstić information content (AvgIpc) is 2.78. The Morgan fingerprint density at radius 3 is 2.63 bits per heavy atom. The van der Waals surface area contributed by atoms with Gasteiger partial charge in [-0.05, 0) is 12.1 Å². The molecule has 0 saturated carbocycles. The molecule has 0 saturated heterocycles. The summed E-state index contributed by atoms with van der Waals surface area (Å²) in [6.45, 7) is 0.0733. The molecule has 0 amide bonds. The smallest absolute Gasteiger partial charge is 0.137 e. The van der Waals surface area contributed by atoms with Crippen molar-refractivity contribution in [1.82, 2.24) is 9.55 Å². The van der Waals surface area contributed by atoms with E-state index in [0.717, 1.165) is 5.52 Å². The molecule has 1 aromatic carbocycles. The maximum Gasteiger partial charge on any atom is 0.137 e. The summed E-state index contributed by atoms with van der Waals surface area (Å²) in [6, 6.07) is 3.39. The molecule has 104 valence electrons. The molecule has 0 aliphatic rings. The number of halogens is 2. The third-order valence-corrected chi connectivity index (χ3v) is 3.43. The van der Waals surface area contributed by atoms with Gasteiger partial charge in [-0.15, -0.1) is 0 Å². The van der Waals surface area contributed by atoms with Crippen LogP contribution in [0.3, 0.4) is 0 Å². The highest BCUT2D eigenvalue weighted by atomic mass is 35.5. The first-order valence-electron chi connectivity index (χ1n) is 5.82. The fourth-order valence-corrected chi connectivity index (χ4v) is 2.17. The van der Waals surface area contributed by atoms with Gasteiger partial charge in [-0.3, -0.25) is 0 Å². The zero-order valence-electron chi connectivity index (χ0n) is 10.1. The van der Waals surface area contributed by atoms with Gasteiger partial charge in [0.1, 0.15) is 6.23 Å². The zero-order chi connectivity index (χ0) is 13.8. The van der Waals surface area contributed by atoms with E-state index in [0.29, 0.717) is 22.0 Å². The van der Waals surface area contributed by atoms with Crippen molar-refractivity contribution < 1.29 is 14.9 Å². The minimum absolute atomic E-state index is 0.0307. The second kappa shape index (κ2) is 6.54. The standard InChI is InChI=1S/C12H14Cl2N2O3/c13-8-5-10-11(6-9(8)14)16(7-15-10)12(1-2-17)19-4-3-18/h5-7,12,17-18H,1-4H2. The maximum atomic E-state index is 9.08. The van der Waals surface area contributed by atoms with E-state index in [1.165, 1.54) is 0 Å². The van der Waals surface area contributed by atoms with E-state index in [4.69, 9.17) is 38.2 Å². The fourth-order valence-electron chi connectivity index (χ4n) is 1.85. The van der Waals surface area contributed by atoms with Crippen LogP contribution in [-0.2, 0) is 4.74 Å². The molecule has 2 N–H and O–H groups in total. The van der Waals surface area contributed by atoms with Gasteiger partial charge in [0.2, 0.25) is 0 Å². The number of imidazole rings is 1. The molecule has 0 aliphatic carbocycles. The van der Waals surface area contributed by atoms with Crippen molar-refractivity contribution in [3.63, 3.8) is 0 Å². The second-order valence-electron chi connectivity index (χ2n) is 3.97. The quantitative estimate of drug-likeness (QED) is 0.859. The van der Waals surface area contributed by atoms with Gasteiger partial charge in [0, 0.05) is 13.0 Å². The number of hydrogen-bond donors (Lipinski definition) is 2. The zero-order valence-corrected chi connectivity index (χ0v) is 11.6. The minimum Gasteiger partial charge on any atom is -0.396 e. The van der Waals surface area contributed by atoms with Gasteiger partial charge >= 0.3 is 0 Å². The summed E-state index contributed by atoms with van der Waals surface area (Å²) in [7, 11) is 0. The SMILES string of the molecule is OCCOC(CCO)n1cnc2cc(Cl)c(Cl)cc21. The van der Waals surface area contributed by atoms with Crippen LogP contribution in [0.25, 0.3) is 11.0 Å². The monoisotopic (exact) mass is 304 g/mol. The molecule has 2 aromatic rings. The number of hydrogen-bond acceptors (Lipinski definition) is 4. The number of nitrogens with zero attached hydrogens (tertiary/aromatic N) is 2. The maximum absolute atomic E-state index is 9.08. The summed E-state index contributed by atoms with van der Waals surface area (Å²) in [5, 5.41) is 18.8. The van der Waals surface area contributed by atoms with Crippen LogP contribution in [0.15, 0.2) is 18.5 Å². The summed E-state index contributed by atoms with van der Waals surface area (Å²) < 4.78 is 7.26. The van der Waals surface area contributed by atoms with Gasteiger partial charge in [0.05, 0.1) is 40.6 Å². The Labute approximate surface area is 120 Å². The van der Waals surface area contributed by atoms with Crippen molar-refractivity contribution in [2.45, 2.75) is 12.6 Å². The van der Waals surface area contributed by atoms with E-state index >= 15 is 0 Å². The van der Waals surface area contributed by atoms with Crippen LogP contribution in [0.2, 0.25) is 10.0 Å². The van der Waals surface area contributed by atoms with Crippen LogP contribution in [0, 0.1) is 0 Å². The Bertz CT molecular complexity index is 559. The number of aliphatic hydroxyl groups excluding tert-OH is 2. The fraction of sp³-hybridized carbons (Fsp3) is 0.417. The molecule has 1 aromatic heterocycles. The molecule has 1 heterocycles. The topological polar surface area (TPSA) is 67.5 Å². The van der Waals surface area contributed by atoms with E-state index in [-0.39, 0.29) is 19.8 Å². The van der Waals surface area contributed by atoms with Gasteiger partial charge in [-0.25, -0.2) is 4.98 Å². The Morgan fingerprint density at radius 1 is 1.21 bits per heavy atom. The molecule has 0 radical (unpaired) electrons. The lowest BCUT2D eigenvalue weighted by Gasteiger charge is -2.18. The Kier molecular flexibility index (Phi) is 5.01. The van der Waals surface area contributed by atoms with Crippen molar-refractivity contribution >= 4 is 34.2 Å². The second-order valence-corrected chi connectivity index (χ2v) is 4.78. The number of fused-ring (bicyclic) bond motifs is 1. The van der Waals surface area contributed by atoms with Gasteiger partial charge in [0.15, 0.2) is 0 Å². The predicted molar refractivity (Wildman–Crippen MR) is 73.5 cm³/mol. The minimum atomic E-state index is -0.403. The lowest BCUT2D eigenvalue weighted by molar-refractivity contribution is -0.0258. The first-order chi connectivity index (χ1) is 9.17. The Balaban J connectivity index is 2.38. The highest BCUT2D eigenvalue weighted by Crippen LogP contribution is 2.29. The molecule has 2 rings (SSSR count). The van der Waals surface area contributed by atoms with Crippen LogP contribution in [0.5, 0.6) is 0 Å². The molecule has 1 atom stereocenters. The van der Waals surface area contributed by atoms with Crippen molar-refractivity contribution in [2.24, 2.45) is 0 Å². The summed E-state index contributed by atoms with van der Waals surface area (Å²) in [4.78, 5) is 4.23. The molecule has 19 heavy (non-hydrogen) atoms. The largest absolute Gasteiger partial charge is 0.396 e. The van der Waals surface area contributed by atoms with Crippen LogP contribution >= 0.6 is 23.2 Å². The molecule has 5 nitrogen and oxygen atoms in total. The van der Waals surface area contributed by atoms with Gasteiger partial charge in [-0.2, -0.15) is 0 Å². The normalized spacial score (nSPS) is 13.1. The van der Waals surface area contributed by atoms with Crippen LogP contribution in [0.4, 0.5) is 0 Å². The molecule has 7 heteroatoms. The first kappa shape index (κ1) is 14.6. The van der Waals surface area contributed by atoms with Gasteiger partial charge in [-0.1, -0.05) is 23.2 Å². The number of aromatic nitrogens is 2. The molecule has 0 spiro atoms. The van der Waals surface area contributed by atoms with E-state index in [2.05, 4.69) is 4.98 Å². The molecular weight excluding hydrogens is 291 g/mol. The molecular formula is C12H14Cl2N2O3. The van der Waals surface area contributed by atoms with E-state index in [1.807, 2.05) is 0 Å². The summed E-state index contributed by atoms with van der Waals surface area (Å²) in [5.74, 6) is 0. The van der Waals surface area contributed by atoms with Crippen LogP contribution in [-0.4, -0.2) is 39.6 Å². The lowest BCUT2D eigenvalue weighted by Crippen LogP contribution is -2.15. The highest BCUT2D eigenvalue weighted by Gasteiger charge is 2.15. The number of rotatable bonds is 6. The number of aliphatic hydroxyl groups is 2. The van der Waals surface area contributed by atoms with E-state index < -0.39 is 6.23 Å². The van der Waals surface area contributed by atoms with Crippen molar-refractivity contribution in [3.8, 4) is 0 Å². The van der Waals surface area contributed by atoms with Crippen molar-refractivity contribution in [3.05, 3.63) is 28.5 Å². The average molecular weight is 305 g/mol. The molecule has 1 unspecified atom stereocenters. The third-order valence-electron chi connectivity index (χ3n) is 2.70. The summed E-state index contributed by atoms with van der Waals surface area (Å²) in [6.07, 6.45) is 1.60. The van der Waals surface area contributed by atoms with Crippen molar-refractivity contribution in [1.29, 1.82) is 0 Å². The number of ether oxygens (including phenoxy) is 1. The van der Waals surface area contributed by atoms with Gasteiger partial charge < -0.3 is 19.5 Å². The van der Waals surface area contributed by atoms with Crippen LogP contribution in [0.1, 0.15) is 12.6 Å². The van der Waals surface area contributed by atoms with Crippen molar-refractivity contribution in [2.75, 3.05) is 19.8 Å². The summed E-state index contributed by atoms with van der Waals surface area (Å²) in [5.41, 5.74) is 1.47. The lowest BCUT2D eigenvalue weighted by atomic mass is 10.3.